The van der Waals surface area contributed by atoms with Crippen LogP contribution in [-0.4, -0.2) is 39.7 Å². The quantitative estimate of drug-likeness (QED) is 0.314. The standard InChI is InChI=1S/C24H25N5O2/c1-4-17-6-5-7-18(12-17)19-13-20(22(28-14-19)23(30)16(2)3)24(31)27-11-10-26-21-8-9-25-15-29-21/h5-9,12-15H,2,4,10-11H2,1,3H3,(H,27,31)(H,25,26,29). The second-order valence-electron chi connectivity index (χ2n) is 7.06. The number of benzene rings is 1. The second kappa shape index (κ2) is 10.2. The number of ketones is 1. The summed E-state index contributed by atoms with van der Waals surface area (Å²) in [6.45, 7) is 8.21. The highest BCUT2D eigenvalue weighted by Crippen LogP contribution is 2.23. The molecule has 31 heavy (non-hydrogen) atoms. The minimum Gasteiger partial charge on any atom is -0.368 e. The molecule has 0 saturated carbocycles. The van der Waals surface area contributed by atoms with Crippen molar-refractivity contribution in [3.05, 3.63) is 84.1 Å². The van der Waals surface area contributed by atoms with Crippen molar-refractivity contribution in [3.63, 3.8) is 0 Å². The van der Waals surface area contributed by atoms with Gasteiger partial charge in [0.2, 0.25) is 5.78 Å². The molecule has 0 atom stereocenters. The Labute approximate surface area is 181 Å². The molecular weight excluding hydrogens is 390 g/mol. The fraction of sp³-hybridized carbons (Fsp3) is 0.208. The molecule has 1 aromatic carbocycles. The summed E-state index contributed by atoms with van der Waals surface area (Å²) in [4.78, 5) is 37.7. The van der Waals surface area contributed by atoms with Crippen LogP contribution >= 0.6 is 0 Å². The number of anilines is 1. The summed E-state index contributed by atoms with van der Waals surface area (Å²) < 4.78 is 0. The second-order valence-corrected chi connectivity index (χ2v) is 7.06. The van der Waals surface area contributed by atoms with E-state index in [0.29, 0.717) is 24.5 Å². The van der Waals surface area contributed by atoms with Gasteiger partial charge in [-0.3, -0.25) is 14.6 Å². The highest BCUT2D eigenvalue weighted by Gasteiger charge is 2.20. The predicted octanol–water partition coefficient (Wildman–Crippen LogP) is 3.70. The Morgan fingerprint density at radius 2 is 1.90 bits per heavy atom. The molecule has 0 radical (unpaired) electrons. The molecule has 2 heterocycles. The number of carbonyl (C=O) groups excluding carboxylic acids is 2. The molecule has 2 N–H and O–H groups in total. The minimum atomic E-state index is -0.366. The molecule has 0 aliphatic heterocycles. The van der Waals surface area contributed by atoms with Crippen molar-refractivity contribution in [2.75, 3.05) is 18.4 Å². The Kier molecular flexibility index (Phi) is 7.22. The molecular formula is C24H25N5O2. The number of pyridine rings is 1. The molecule has 1 amide bonds. The Morgan fingerprint density at radius 3 is 2.61 bits per heavy atom. The smallest absolute Gasteiger partial charge is 0.253 e. The van der Waals surface area contributed by atoms with E-state index in [9.17, 15) is 9.59 Å². The van der Waals surface area contributed by atoms with E-state index in [-0.39, 0.29) is 22.9 Å². The molecule has 0 aliphatic carbocycles. The number of carbonyl (C=O) groups is 2. The van der Waals surface area contributed by atoms with Gasteiger partial charge in [0.05, 0.1) is 5.56 Å². The van der Waals surface area contributed by atoms with Gasteiger partial charge >= 0.3 is 0 Å². The van der Waals surface area contributed by atoms with Crippen LogP contribution in [0.2, 0.25) is 0 Å². The number of rotatable bonds is 9. The molecule has 7 heteroatoms. The lowest BCUT2D eigenvalue weighted by atomic mass is 9.99. The van der Waals surface area contributed by atoms with Gasteiger partial charge in [-0.1, -0.05) is 37.8 Å². The highest BCUT2D eigenvalue weighted by atomic mass is 16.2. The fourth-order valence-electron chi connectivity index (χ4n) is 3.01. The summed E-state index contributed by atoms with van der Waals surface area (Å²) in [5.74, 6) is -0.0462. The van der Waals surface area contributed by atoms with E-state index in [1.165, 1.54) is 11.9 Å². The lowest BCUT2D eigenvalue weighted by Crippen LogP contribution is -2.30. The first kappa shape index (κ1) is 21.8. The molecule has 0 bridgehead atoms. The predicted molar refractivity (Wildman–Crippen MR) is 121 cm³/mol. The summed E-state index contributed by atoms with van der Waals surface area (Å²) in [5.41, 5.74) is 3.56. The van der Waals surface area contributed by atoms with Gasteiger partial charge in [0.15, 0.2) is 0 Å². The van der Waals surface area contributed by atoms with Crippen LogP contribution in [0.1, 0.15) is 40.3 Å². The zero-order chi connectivity index (χ0) is 22.2. The van der Waals surface area contributed by atoms with E-state index >= 15 is 0 Å². The van der Waals surface area contributed by atoms with E-state index < -0.39 is 0 Å². The molecule has 2 aromatic heterocycles. The molecule has 0 spiro atoms. The number of amides is 1. The molecule has 0 aliphatic rings. The fourth-order valence-corrected chi connectivity index (χ4v) is 3.01. The molecule has 7 nitrogen and oxygen atoms in total. The van der Waals surface area contributed by atoms with Crippen LogP contribution in [0.25, 0.3) is 11.1 Å². The zero-order valence-corrected chi connectivity index (χ0v) is 17.7. The van der Waals surface area contributed by atoms with Gasteiger partial charge < -0.3 is 10.6 Å². The summed E-state index contributed by atoms with van der Waals surface area (Å²) in [7, 11) is 0. The molecule has 3 rings (SSSR count). The number of Topliss-reactive ketones (excluding diaryl/α,β-unsaturated/α-hetero) is 1. The van der Waals surface area contributed by atoms with E-state index in [1.807, 2.05) is 18.2 Å². The lowest BCUT2D eigenvalue weighted by molar-refractivity contribution is 0.0941. The van der Waals surface area contributed by atoms with Crippen molar-refractivity contribution in [2.24, 2.45) is 0 Å². The van der Waals surface area contributed by atoms with Crippen molar-refractivity contribution >= 4 is 17.5 Å². The van der Waals surface area contributed by atoms with Crippen LogP contribution in [0.15, 0.2) is 67.3 Å². The molecule has 3 aromatic rings. The van der Waals surface area contributed by atoms with E-state index in [0.717, 1.165) is 17.5 Å². The van der Waals surface area contributed by atoms with Crippen LogP contribution < -0.4 is 10.6 Å². The zero-order valence-electron chi connectivity index (χ0n) is 17.7. The topological polar surface area (TPSA) is 96.9 Å². The van der Waals surface area contributed by atoms with Crippen LogP contribution in [-0.2, 0) is 6.42 Å². The summed E-state index contributed by atoms with van der Waals surface area (Å²) >= 11 is 0. The first-order chi connectivity index (χ1) is 15.0. The Balaban J connectivity index is 1.81. The van der Waals surface area contributed by atoms with E-state index in [2.05, 4.69) is 45.2 Å². The Morgan fingerprint density at radius 1 is 1.06 bits per heavy atom. The monoisotopic (exact) mass is 415 g/mol. The first-order valence-electron chi connectivity index (χ1n) is 10.1. The van der Waals surface area contributed by atoms with Crippen LogP contribution in [0.3, 0.4) is 0 Å². The average Bonchev–Trinajstić information content (AvgIpc) is 2.81. The Bertz CT molecular complexity index is 1100. The van der Waals surface area contributed by atoms with Crippen LogP contribution in [0.5, 0.6) is 0 Å². The average molecular weight is 415 g/mol. The Hall–Kier alpha value is -3.87. The summed E-state index contributed by atoms with van der Waals surface area (Å²) in [6.07, 6.45) is 5.60. The van der Waals surface area contributed by atoms with Crippen molar-refractivity contribution in [1.82, 2.24) is 20.3 Å². The molecule has 0 unspecified atom stereocenters. The van der Waals surface area contributed by atoms with Crippen LogP contribution in [0.4, 0.5) is 5.82 Å². The maximum atomic E-state index is 12.9. The largest absolute Gasteiger partial charge is 0.368 e. The maximum absolute atomic E-state index is 12.9. The van der Waals surface area contributed by atoms with E-state index in [4.69, 9.17) is 0 Å². The normalized spacial score (nSPS) is 10.4. The highest BCUT2D eigenvalue weighted by molar-refractivity contribution is 6.13. The van der Waals surface area contributed by atoms with Gasteiger partial charge in [-0.15, -0.1) is 0 Å². The van der Waals surface area contributed by atoms with Gasteiger partial charge in [-0.05, 0) is 42.2 Å². The van der Waals surface area contributed by atoms with Crippen molar-refractivity contribution < 1.29 is 9.59 Å². The molecule has 0 fully saturated rings. The third-order valence-corrected chi connectivity index (χ3v) is 4.70. The SMILES string of the molecule is C=C(C)C(=O)c1ncc(-c2cccc(CC)c2)cc1C(=O)NCCNc1ccncn1. The summed E-state index contributed by atoms with van der Waals surface area (Å²) in [5, 5.41) is 5.93. The number of hydrogen-bond donors (Lipinski definition) is 2. The summed E-state index contributed by atoms with van der Waals surface area (Å²) in [6, 6.07) is 11.5. The third kappa shape index (κ3) is 5.60. The van der Waals surface area contributed by atoms with Gasteiger partial charge in [0, 0.05) is 31.0 Å². The lowest BCUT2D eigenvalue weighted by Gasteiger charge is -2.12. The van der Waals surface area contributed by atoms with Gasteiger partial charge in [0.25, 0.3) is 5.91 Å². The van der Waals surface area contributed by atoms with Crippen molar-refractivity contribution in [2.45, 2.75) is 20.3 Å². The number of nitrogens with zero attached hydrogens (tertiary/aromatic N) is 3. The first-order valence-corrected chi connectivity index (χ1v) is 10.1. The number of hydrogen-bond acceptors (Lipinski definition) is 6. The third-order valence-electron chi connectivity index (χ3n) is 4.70. The minimum absolute atomic E-state index is 0.101. The van der Waals surface area contributed by atoms with Crippen molar-refractivity contribution in [1.29, 1.82) is 0 Å². The number of aryl methyl sites for hydroxylation is 1. The maximum Gasteiger partial charge on any atom is 0.253 e. The van der Waals surface area contributed by atoms with Gasteiger partial charge in [-0.25, -0.2) is 9.97 Å². The van der Waals surface area contributed by atoms with Crippen molar-refractivity contribution in [3.8, 4) is 11.1 Å². The number of allylic oxidation sites excluding steroid dienone is 1. The van der Waals surface area contributed by atoms with Gasteiger partial charge in [0.1, 0.15) is 17.8 Å². The van der Waals surface area contributed by atoms with Crippen LogP contribution in [0, 0.1) is 0 Å². The number of aromatic nitrogens is 3. The van der Waals surface area contributed by atoms with E-state index in [1.54, 1.807) is 31.5 Å². The molecule has 158 valence electrons. The number of nitrogens with one attached hydrogen (secondary N) is 2. The van der Waals surface area contributed by atoms with Gasteiger partial charge in [-0.2, -0.15) is 0 Å². The molecule has 0 saturated heterocycles.